The van der Waals surface area contributed by atoms with E-state index < -0.39 is 24.3 Å². The summed E-state index contributed by atoms with van der Waals surface area (Å²) >= 11 is 0. The molecule has 0 aliphatic carbocycles. The van der Waals surface area contributed by atoms with Gasteiger partial charge in [-0.2, -0.15) is 0 Å². The Bertz CT molecular complexity index is 852. The number of hydrogen-bond donors (Lipinski definition) is 1. The third-order valence-electron chi connectivity index (χ3n) is 3.68. The van der Waals surface area contributed by atoms with Crippen LogP contribution in [0.25, 0.3) is 0 Å². The molecule has 0 saturated heterocycles. The summed E-state index contributed by atoms with van der Waals surface area (Å²) in [5, 5.41) is 2.44. The molecule has 0 radical (unpaired) electrons. The lowest BCUT2D eigenvalue weighted by Gasteiger charge is -2.14. The van der Waals surface area contributed by atoms with Crippen molar-refractivity contribution in [2.75, 3.05) is 20.8 Å². The van der Waals surface area contributed by atoms with E-state index in [0.29, 0.717) is 11.8 Å². The first-order valence-corrected chi connectivity index (χ1v) is 7.89. The van der Waals surface area contributed by atoms with Crippen molar-refractivity contribution in [3.8, 4) is 11.5 Å². The molecule has 0 aliphatic heterocycles. The zero-order valence-electron chi connectivity index (χ0n) is 14.8. The van der Waals surface area contributed by atoms with Crippen molar-refractivity contribution >= 4 is 18.2 Å². The summed E-state index contributed by atoms with van der Waals surface area (Å²) in [6.07, 6.45) is 0.469. The van der Waals surface area contributed by atoms with Gasteiger partial charge in [0.2, 0.25) is 0 Å². The lowest BCUT2D eigenvalue weighted by atomic mass is 10.1. The highest BCUT2D eigenvalue weighted by Gasteiger charge is 2.23. The molecule has 1 N–H and O–H groups in total. The van der Waals surface area contributed by atoms with Crippen molar-refractivity contribution in [2.45, 2.75) is 6.54 Å². The highest BCUT2D eigenvalue weighted by molar-refractivity contribution is 6.02. The summed E-state index contributed by atoms with van der Waals surface area (Å²) in [7, 11) is 2.69. The number of carbonyl (C=O) groups is 3. The van der Waals surface area contributed by atoms with E-state index >= 15 is 0 Å². The van der Waals surface area contributed by atoms with Crippen molar-refractivity contribution in [3.05, 3.63) is 58.9 Å². The second kappa shape index (κ2) is 9.33. The fourth-order valence-corrected chi connectivity index (χ4v) is 2.34. The van der Waals surface area contributed by atoms with Crippen LogP contribution < -0.4 is 14.8 Å². The van der Waals surface area contributed by atoms with Gasteiger partial charge in [0, 0.05) is 17.7 Å². The first-order chi connectivity index (χ1) is 13.0. The molecule has 2 aromatic rings. The average molecular weight is 375 g/mol. The molecule has 0 fully saturated rings. The fourth-order valence-electron chi connectivity index (χ4n) is 2.34. The minimum Gasteiger partial charge on any atom is -0.493 e. The van der Waals surface area contributed by atoms with Gasteiger partial charge in [-0.1, -0.05) is 18.2 Å². The first kappa shape index (κ1) is 19.9. The lowest BCUT2D eigenvalue weighted by Crippen LogP contribution is -2.29. The highest BCUT2D eigenvalue weighted by Crippen LogP contribution is 2.33. The average Bonchev–Trinajstić information content (AvgIpc) is 2.69. The Kier molecular flexibility index (Phi) is 6.87. The quantitative estimate of drug-likeness (QED) is 0.561. The summed E-state index contributed by atoms with van der Waals surface area (Å²) in [5.41, 5.74) is 0.188. The molecule has 0 heterocycles. The zero-order valence-corrected chi connectivity index (χ0v) is 14.8. The Hall–Kier alpha value is -3.42. The molecule has 7 nitrogen and oxygen atoms in total. The molecule has 0 aromatic heterocycles. The molecule has 0 atom stereocenters. The summed E-state index contributed by atoms with van der Waals surface area (Å²) in [5.74, 6) is -1.74. The maximum absolute atomic E-state index is 13.5. The molecular weight excluding hydrogens is 357 g/mol. The Morgan fingerprint density at radius 1 is 1.11 bits per heavy atom. The third kappa shape index (κ3) is 4.81. The Labute approximate surface area is 155 Å². The van der Waals surface area contributed by atoms with Crippen LogP contribution in [-0.4, -0.2) is 39.0 Å². The second-order valence-corrected chi connectivity index (χ2v) is 5.33. The number of aldehydes is 1. The van der Waals surface area contributed by atoms with E-state index in [2.05, 4.69) is 5.32 Å². The van der Waals surface area contributed by atoms with Crippen LogP contribution in [0.3, 0.4) is 0 Å². The van der Waals surface area contributed by atoms with Gasteiger partial charge in [-0.25, -0.2) is 9.18 Å². The van der Waals surface area contributed by atoms with Crippen molar-refractivity contribution in [1.82, 2.24) is 5.32 Å². The van der Waals surface area contributed by atoms with Crippen LogP contribution in [0.1, 0.15) is 26.3 Å². The van der Waals surface area contributed by atoms with Gasteiger partial charge in [0.05, 0.1) is 14.2 Å². The van der Waals surface area contributed by atoms with E-state index in [9.17, 15) is 18.8 Å². The number of methoxy groups -OCH3 is 2. The third-order valence-corrected chi connectivity index (χ3v) is 3.68. The number of nitrogens with one attached hydrogen (secondary N) is 1. The molecule has 0 unspecified atom stereocenters. The van der Waals surface area contributed by atoms with Gasteiger partial charge < -0.3 is 19.5 Å². The standard InChI is InChI=1S/C19H18FNO6/c1-25-15-8-7-13(10-22)17(18(15)26-2)19(24)27-11-16(23)21-9-12-5-3-4-6-14(12)20/h3-8,10H,9,11H2,1-2H3,(H,21,23). The van der Waals surface area contributed by atoms with Crippen molar-refractivity contribution in [3.63, 3.8) is 0 Å². The van der Waals surface area contributed by atoms with Crippen LogP contribution in [0.2, 0.25) is 0 Å². The maximum atomic E-state index is 13.5. The molecule has 1 amide bonds. The molecule has 0 saturated carbocycles. The van der Waals surface area contributed by atoms with Crippen LogP contribution in [0, 0.1) is 5.82 Å². The molecule has 0 aliphatic rings. The normalized spacial score (nSPS) is 10.0. The van der Waals surface area contributed by atoms with Crippen LogP contribution in [0.15, 0.2) is 36.4 Å². The number of hydrogen-bond acceptors (Lipinski definition) is 6. The van der Waals surface area contributed by atoms with Gasteiger partial charge in [0.1, 0.15) is 11.4 Å². The molecule has 2 aromatic carbocycles. The van der Waals surface area contributed by atoms with E-state index in [1.807, 2.05) is 0 Å². The molecule has 2 rings (SSSR count). The van der Waals surface area contributed by atoms with Gasteiger partial charge in [-0.05, 0) is 18.2 Å². The Morgan fingerprint density at radius 2 is 1.85 bits per heavy atom. The molecule has 8 heteroatoms. The number of amides is 1. The van der Waals surface area contributed by atoms with Crippen molar-refractivity contribution < 1.29 is 33.0 Å². The Balaban J connectivity index is 2.04. The molecular formula is C19H18FNO6. The number of carbonyl (C=O) groups excluding carboxylic acids is 3. The number of benzene rings is 2. The fraction of sp³-hybridized carbons (Fsp3) is 0.211. The van der Waals surface area contributed by atoms with Gasteiger partial charge >= 0.3 is 5.97 Å². The topological polar surface area (TPSA) is 90.9 Å². The molecule has 0 bridgehead atoms. The molecule has 142 valence electrons. The molecule has 27 heavy (non-hydrogen) atoms. The van der Waals surface area contributed by atoms with Crippen LogP contribution in [-0.2, 0) is 16.1 Å². The summed E-state index contributed by atoms with van der Waals surface area (Å²) in [6.45, 7) is -0.656. The largest absolute Gasteiger partial charge is 0.493 e. The molecule has 0 spiro atoms. The number of esters is 1. The van der Waals surface area contributed by atoms with E-state index in [4.69, 9.17) is 14.2 Å². The van der Waals surface area contributed by atoms with Gasteiger partial charge in [0.25, 0.3) is 5.91 Å². The zero-order chi connectivity index (χ0) is 19.8. The van der Waals surface area contributed by atoms with E-state index in [1.54, 1.807) is 6.07 Å². The Morgan fingerprint density at radius 3 is 2.48 bits per heavy atom. The summed E-state index contributed by atoms with van der Waals surface area (Å²) in [6, 6.07) is 8.83. The van der Waals surface area contributed by atoms with Gasteiger partial charge in [-0.3, -0.25) is 9.59 Å². The maximum Gasteiger partial charge on any atom is 0.343 e. The summed E-state index contributed by atoms with van der Waals surface area (Å²) < 4.78 is 28.7. The van der Waals surface area contributed by atoms with Crippen molar-refractivity contribution in [1.29, 1.82) is 0 Å². The monoisotopic (exact) mass is 375 g/mol. The SMILES string of the molecule is COc1ccc(C=O)c(C(=O)OCC(=O)NCc2ccccc2F)c1OC. The van der Waals surface area contributed by atoms with Crippen molar-refractivity contribution in [2.24, 2.45) is 0 Å². The number of halogens is 1. The minimum atomic E-state index is -0.922. The van der Waals surface area contributed by atoms with Gasteiger partial charge in [0.15, 0.2) is 24.4 Å². The minimum absolute atomic E-state index is 0.0267. The van der Waals surface area contributed by atoms with E-state index in [0.717, 1.165) is 0 Å². The first-order valence-electron chi connectivity index (χ1n) is 7.89. The van der Waals surface area contributed by atoms with Crippen LogP contribution >= 0.6 is 0 Å². The van der Waals surface area contributed by atoms with E-state index in [-0.39, 0.29) is 29.2 Å². The van der Waals surface area contributed by atoms with Crippen LogP contribution in [0.4, 0.5) is 4.39 Å². The van der Waals surface area contributed by atoms with Gasteiger partial charge in [-0.15, -0.1) is 0 Å². The summed E-state index contributed by atoms with van der Waals surface area (Å²) in [4.78, 5) is 35.4. The predicted molar refractivity (Wildman–Crippen MR) is 93.5 cm³/mol. The highest BCUT2D eigenvalue weighted by atomic mass is 19.1. The van der Waals surface area contributed by atoms with Crippen LogP contribution in [0.5, 0.6) is 11.5 Å². The number of rotatable bonds is 8. The number of ether oxygens (including phenoxy) is 3. The lowest BCUT2D eigenvalue weighted by molar-refractivity contribution is -0.124. The van der Waals surface area contributed by atoms with E-state index in [1.165, 1.54) is 44.6 Å². The second-order valence-electron chi connectivity index (χ2n) is 5.33. The predicted octanol–water partition coefficient (Wildman–Crippen LogP) is 2.13. The smallest absolute Gasteiger partial charge is 0.343 e.